The number of anilines is 1. The fourth-order valence-corrected chi connectivity index (χ4v) is 2.22. The Morgan fingerprint density at radius 2 is 1.92 bits per heavy atom. The predicted molar refractivity (Wildman–Crippen MR) is 93.6 cm³/mol. The molecule has 24 heavy (non-hydrogen) atoms. The average Bonchev–Trinajstić information content (AvgIpc) is 2.57. The minimum atomic E-state index is -0.714. The number of carbonyl (C=O) groups is 1. The number of ether oxygens (including phenoxy) is 2. The Balaban J connectivity index is 2.81. The minimum absolute atomic E-state index is 0.0820. The molecule has 0 aliphatic heterocycles. The molecule has 0 unspecified atom stereocenters. The summed E-state index contributed by atoms with van der Waals surface area (Å²) in [6.45, 7) is 4.53. The van der Waals surface area contributed by atoms with Crippen molar-refractivity contribution in [3.8, 4) is 6.07 Å². The molecule has 0 radical (unpaired) electrons. The highest BCUT2D eigenvalue weighted by Gasteiger charge is 2.16. The lowest BCUT2D eigenvalue weighted by Gasteiger charge is -2.15. The van der Waals surface area contributed by atoms with Crippen molar-refractivity contribution in [3.05, 3.63) is 39.5 Å². The second-order valence-electron chi connectivity index (χ2n) is 4.50. The number of nitrogens with zero attached hydrogens (tertiary/aromatic N) is 1. The van der Waals surface area contributed by atoms with Gasteiger partial charge in [-0.15, -0.1) is 0 Å². The summed E-state index contributed by atoms with van der Waals surface area (Å²) in [6, 6.07) is 6.90. The second-order valence-corrected chi connectivity index (χ2v) is 5.31. The molecule has 0 aliphatic carbocycles. The van der Waals surface area contributed by atoms with E-state index >= 15 is 0 Å². The van der Waals surface area contributed by atoms with Crippen molar-refractivity contribution in [1.29, 1.82) is 5.26 Å². The number of nitriles is 1. The normalized spacial score (nSPS) is 11.3. The molecule has 0 saturated heterocycles. The van der Waals surface area contributed by atoms with Crippen molar-refractivity contribution in [2.75, 3.05) is 25.2 Å². The number of hydrogen-bond acceptors (Lipinski definition) is 6. The molecule has 0 bridgehead atoms. The predicted octanol–water partition coefficient (Wildman–Crippen LogP) is 3.68. The number of allylic oxidation sites excluding steroid dienone is 1. The lowest BCUT2D eigenvalue weighted by Crippen LogP contribution is -2.25. The van der Waals surface area contributed by atoms with Gasteiger partial charge >= 0.3 is 5.97 Å². The first kappa shape index (κ1) is 20.1. The van der Waals surface area contributed by atoms with Crippen LogP contribution in [-0.2, 0) is 14.3 Å². The maximum atomic E-state index is 12.0. The van der Waals surface area contributed by atoms with E-state index in [1.54, 1.807) is 25.1 Å². The van der Waals surface area contributed by atoms with Crippen LogP contribution in [0.4, 0.5) is 5.69 Å². The van der Waals surface area contributed by atoms with Gasteiger partial charge < -0.3 is 14.9 Å². The highest BCUT2D eigenvalue weighted by Crippen LogP contribution is 2.29. The second kappa shape index (κ2) is 10.8. The molecule has 6 nitrogen and oxygen atoms in total. The molecule has 8 heteroatoms. The van der Waals surface area contributed by atoms with Crippen molar-refractivity contribution in [3.63, 3.8) is 0 Å². The Bertz CT molecular complexity index is 622. The molecule has 130 valence electrons. The van der Waals surface area contributed by atoms with Crippen LogP contribution in [0.15, 0.2) is 29.5 Å². The van der Waals surface area contributed by atoms with E-state index in [2.05, 4.69) is 10.9 Å². The van der Waals surface area contributed by atoms with Crippen LogP contribution in [0, 0.1) is 11.3 Å². The van der Waals surface area contributed by atoms with E-state index in [1.165, 1.54) is 0 Å². The van der Waals surface area contributed by atoms with Gasteiger partial charge in [0.15, 0.2) is 5.57 Å². The smallest absolute Gasteiger partial charge is 0.350 e. The van der Waals surface area contributed by atoms with Gasteiger partial charge in [-0.3, -0.25) is 5.43 Å². The van der Waals surface area contributed by atoms with Crippen LogP contribution in [0.25, 0.3) is 0 Å². The average molecular weight is 372 g/mol. The van der Waals surface area contributed by atoms with Gasteiger partial charge in [-0.05, 0) is 25.5 Å². The fourth-order valence-electron chi connectivity index (χ4n) is 1.73. The molecule has 2 N–H and O–H groups in total. The molecule has 0 saturated carbocycles. The summed E-state index contributed by atoms with van der Waals surface area (Å²) >= 11 is 12.1. The Labute approximate surface area is 151 Å². The summed E-state index contributed by atoms with van der Waals surface area (Å²) < 4.78 is 10.1. The number of benzene rings is 1. The molecule has 0 fully saturated rings. The summed E-state index contributed by atoms with van der Waals surface area (Å²) in [5.74, 6) is -0.714. The highest BCUT2D eigenvalue weighted by molar-refractivity contribution is 6.39. The lowest BCUT2D eigenvalue weighted by molar-refractivity contribution is -0.140. The fraction of sp³-hybridized carbons (Fsp3) is 0.375. The molecule has 1 aromatic rings. The summed E-state index contributed by atoms with van der Waals surface area (Å²) in [5, 5.41) is 10.1. The summed E-state index contributed by atoms with van der Waals surface area (Å²) in [7, 11) is 0. The summed E-state index contributed by atoms with van der Waals surface area (Å²) in [5.41, 5.74) is 6.33. The Kier molecular flexibility index (Phi) is 9.02. The molecule has 0 spiro atoms. The van der Waals surface area contributed by atoms with E-state index in [1.807, 2.05) is 13.0 Å². The van der Waals surface area contributed by atoms with E-state index in [-0.39, 0.29) is 18.8 Å². The zero-order chi connectivity index (χ0) is 17.9. The quantitative estimate of drug-likeness (QED) is 0.226. The number of hydrogen-bond donors (Lipinski definition) is 2. The van der Waals surface area contributed by atoms with Gasteiger partial charge in [0.05, 0.1) is 28.0 Å². The third kappa shape index (κ3) is 5.93. The van der Waals surface area contributed by atoms with Crippen LogP contribution in [0.1, 0.15) is 20.3 Å². The van der Waals surface area contributed by atoms with Crippen LogP contribution in [0.3, 0.4) is 0 Å². The van der Waals surface area contributed by atoms with Crippen LogP contribution in [0.2, 0.25) is 10.0 Å². The Hall–Kier alpha value is -1.94. The first-order valence-electron chi connectivity index (χ1n) is 7.39. The first-order chi connectivity index (χ1) is 11.5. The standard InChI is InChI=1S/C16H19Cl2N3O3/c1-3-14(11(10-19)16(22)24-9-8-23-4-2)20-21-15-12(17)6-5-7-13(15)18/h5-7,20-21H,3-4,8-9H2,1-2H3/b14-11-. The minimum Gasteiger partial charge on any atom is -0.459 e. The van der Waals surface area contributed by atoms with E-state index in [4.69, 9.17) is 32.7 Å². The van der Waals surface area contributed by atoms with E-state index in [0.29, 0.717) is 34.5 Å². The maximum absolute atomic E-state index is 12.0. The molecule has 1 aromatic carbocycles. The number of para-hydroxylation sites is 1. The number of carbonyl (C=O) groups excluding carboxylic acids is 1. The van der Waals surface area contributed by atoms with Gasteiger partial charge in [0.2, 0.25) is 0 Å². The molecule has 0 atom stereocenters. The van der Waals surface area contributed by atoms with Gasteiger partial charge in [0.25, 0.3) is 0 Å². The number of nitrogens with one attached hydrogen (secondary N) is 2. The monoisotopic (exact) mass is 371 g/mol. The van der Waals surface area contributed by atoms with Crippen LogP contribution in [0.5, 0.6) is 0 Å². The summed E-state index contributed by atoms with van der Waals surface area (Å²) in [4.78, 5) is 12.0. The molecular weight excluding hydrogens is 353 g/mol. The van der Waals surface area contributed by atoms with Gasteiger partial charge in [-0.25, -0.2) is 4.79 Å². The Morgan fingerprint density at radius 3 is 2.46 bits per heavy atom. The molecule has 0 heterocycles. The van der Waals surface area contributed by atoms with E-state index < -0.39 is 5.97 Å². The Morgan fingerprint density at radius 1 is 1.25 bits per heavy atom. The van der Waals surface area contributed by atoms with E-state index in [0.717, 1.165) is 0 Å². The number of esters is 1. The van der Waals surface area contributed by atoms with Crippen LogP contribution in [-0.4, -0.2) is 25.8 Å². The van der Waals surface area contributed by atoms with Crippen molar-refractivity contribution < 1.29 is 14.3 Å². The molecule has 1 rings (SSSR count). The highest BCUT2D eigenvalue weighted by atomic mass is 35.5. The van der Waals surface area contributed by atoms with Gasteiger partial charge in [0.1, 0.15) is 12.7 Å². The van der Waals surface area contributed by atoms with Crippen LogP contribution >= 0.6 is 23.2 Å². The molecule has 0 amide bonds. The topological polar surface area (TPSA) is 83.4 Å². The van der Waals surface area contributed by atoms with Crippen molar-refractivity contribution in [1.82, 2.24) is 5.43 Å². The number of hydrazine groups is 1. The molecule has 0 aliphatic rings. The third-order valence-corrected chi connectivity index (χ3v) is 3.57. The van der Waals surface area contributed by atoms with Gasteiger partial charge in [-0.1, -0.05) is 36.2 Å². The number of halogens is 2. The van der Waals surface area contributed by atoms with Crippen molar-refractivity contribution >= 4 is 34.9 Å². The lowest BCUT2D eigenvalue weighted by atomic mass is 10.2. The van der Waals surface area contributed by atoms with Gasteiger partial charge in [0, 0.05) is 6.61 Å². The third-order valence-electron chi connectivity index (χ3n) is 2.94. The zero-order valence-corrected chi connectivity index (χ0v) is 15.0. The SMILES string of the molecule is CCOCCOC(=O)/C(C#N)=C(/CC)NNc1c(Cl)cccc1Cl. The largest absolute Gasteiger partial charge is 0.459 e. The number of rotatable bonds is 9. The molecule has 0 aromatic heterocycles. The first-order valence-corrected chi connectivity index (χ1v) is 8.14. The summed E-state index contributed by atoms with van der Waals surface area (Å²) in [6.07, 6.45) is 0.401. The van der Waals surface area contributed by atoms with Crippen molar-refractivity contribution in [2.24, 2.45) is 0 Å². The van der Waals surface area contributed by atoms with Gasteiger partial charge in [-0.2, -0.15) is 5.26 Å². The van der Waals surface area contributed by atoms with Crippen molar-refractivity contribution in [2.45, 2.75) is 20.3 Å². The van der Waals surface area contributed by atoms with Crippen LogP contribution < -0.4 is 10.9 Å². The maximum Gasteiger partial charge on any atom is 0.350 e. The van der Waals surface area contributed by atoms with E-state index in [9.17, 15) is 10.1 Å². The molecular formula is C16H19Cl2N3O3. The zero-order valence-electron chi connectivity index (χ0n) is 13.5.